The van der Waals surface area contributed by atoms with Crippen LogP contribution in [0.2, 0.25) is 0 Å². The van der Waals surface area contributed by atoms with Crippen LogP contribution in [0.5, 0.6) is 0 Å². The van der Waals surface area contributed by atoms with E-state index in [2.05, 4.69) is 10.8 Å². The highest BCUT2D eigenvalue weighted by Crippen LogP contribution is 2.10. The van der Waals surface area contributed by atoms with Gasteiger partial charge in [0, 0.05) is 6.92 Å². The average Bonchev–Trinajstić information content (AvgIpc) is 2.05. The fourth-order valence-corrected chi connectivity index (χ4v) is 1.31. The van der Waals surface area contributed by atoms with Crippen molar-refractivity contribution in [2.45, 2.75) is 19.8 Å². The zero-order valence-corrected chi connectivity index (χ0v) is 7.43. The predicted octanol–water partition coefficient (Wildman–Crippen LogP) is 0.0537. The monoisotopic (exact) mass is 172 g/mol. The lowest BCUT2D eigenvalue weighted by Gasteiger charge is -2.21. The Morgan fingerprint density at radius 3 is 2.83 bits per heavy atom. The molecule has 0 unspecified atom stereocenters. The number of nitrogens with one attached hydrogen (secondary N) is 2. The number of carbonyl (C=O) groups is 1. The first kappa shape index (κ1) is 9.48. The molecular weight excluding hydrogens is 156 g/mol. The molecule has 0 aliphatic carbocycles. The molecule has 0 aromatic carbocycles. The van der Waals surface area contributed by atoms with Gasteiger partial charge < -0.3 is 5.32 Å². The minimum atomic E-state index is -0.135. The van der Waals surface area contributed by atoms with Gasteiger partial charge in [-0.25, -0.2) is 5.48 Å². The summed E-state index contributed by atoms with van der Waals surface area (Å²) in [5, 5.41) is 3.27. The Morgan fingerprint density at radius 1 is 1.58 bits per heavy atom. The van der Waals surface area contributed by atoms with Crippen molar-refractivity contribution in [3.8, 4) is 0 Å². The van der Waals surface area contributed by atoms with Crippen molar-refractivity contribution in [3.63, 3.8) is 0 Å². The van der Waals surface area contributed by atoms with E-state index in [1.165, 1.54) is 6.92 Å². The van der Waals surface area contributed by atoms with E-state index in [4.69, 9.17) is 4.84 Å². The second-order valence-electron chi connectivity index (χ2n) is 3.16. The summed E-state index contributed by atoms with van der Waals surface area (Å²) < 4.78 is 0. The molecule has 1 heterocycles. The highest BCUT2D eigenvalue weighted by atomic mass is 16.6. The van der Waals surface area contributed by atoms with Crippen LogP contribution in [0, 0.1) is 5.92 Å². The van der Waals surface area contributed by atoms with Crippen LogP contribution < -0.4 is 10.8 Å². The van der Waals surface area contributed by atoms with Gasteiger partial charge in [-0.3, -0.25) is 9.63 Å². The fourth-order valence-electron chi connectivity index (χ4n) is 1.31. The first-order valence-electron chi connectivity index (χ1n) is 4.38. The number of amides is 1. The van der Waals surface area contributed by atoms with Crippen LogP contribution in [0.15, 0.2) is 0 Å². The maximum atomic E-state index is 10.4. The van der Waals surface area contributed by atoms with Gasteiger partial charge in [0.1, 0.15) is 0 Å². The highest BCUT2D eigenvalue weighted by molar-refractivity contribution is 5.71. The molecule has 12 heavy (non-hydrogen) atoms. The van der Waals surface area contributed by atoms with Gasteiger partial charge in [0.2, 0.25) is 5.91 Å². The maximum absolute atomic E-state index is 10.4. The fraction of sp³-hybridized carbons (Fsp3) is 0.875. The molecule has 1 aliphatic heterocycles. The molecule has 0 spiro atoms. The van der Waals surface area contributed by atoms with E-state index in [-0.39, 0.29) is 5.91 Å². The summed E-state index contributed by atoms with van der Waals surface area (Å²) >= 11 is 0. The number of piperidine rings is 1. The molecule has 0 radical (unpaired) electrons. The molecule has 0 saturated carbocycles. The third kappa shape index (κ3) is 3.69. The summed E-state index contributed by atoms with van der Waals surface area (Å²) in [4.78, 5) is 15.4. The lowest BCUT2D eigenvalue weighted by molar-refractivity contribution is -0.132. The number of hydroxylamine groups is 1. The number of carbonyl (C=O) groups excluding carboxylic acids is 1. The van der Waals surface area contributed by atoms with Gasteiger partial charge in [0.25, 0.3) is 0 Å². The largest absolute Gasteiger partial charge is 0.317 e. The summed E-state index contributed by atoms with van der Waals surface area (Å²) in [5.41, 5.74) is 2.33. The Balaban J connectivity index is 2.01. The standard InChI is InChI=1S/C8H16N2O2/c1-7(11)10-12-6-8-2-4-9-5-3-8/h8-9H,2-6H2,1H3,(H,10,11). The molecule has 1 aliphatic rings. The van der Waals surface area contributed by atoms with E-state index in [0.29, 0.717) is 12.5 Å². The van der Waals surface area contributed by atoms with E-state index in [9.17, 15) is 4.79 Å². The quantitative estimate of drug-likeness (QED) is 0.592. The van der Waals surface area contributed by atoms with E-state index in [1.807, 2.05) is 0 Å². The van der Waals surface area contributed by atoms with Crippen LogP contribution in [0.25, 0.3) is 0 Å². The maximum Gasteiger partial charge on any atom is 0.240 e. The lowest BCUT2D eigenvalue weighted by atomic mass is 10.00. The zero-order valence-electron chi connectivity index (χ0n) is 7.43. The molecule has 0 bridgehead atoms. The van der Waals surface area contributed by atoms with E-state index in [0.717, 1.165) is 25.9 Å². The van der Waals surface area contributed by atoms with E-state index >= 15 is 0 Å². The molecule has 1 fully saturated rings. The van der Waals surface area contributed by atoms with Crippen LogP contribution in [-0.2, 0) is 9.63 Å². The normalized spacial score (nSPS) is 19.1. The van der Waals surface area contributed by atoms with Crippen LogP contribution in [0.1, 0.15) is 19.8 Å². The molecule has 1 rings (SSSR count). The topological polar surface area (TPSA) is 50.4 Å². The summed E-state index contributed by atoms with van der Waals surface area (Å²) in [6.45, 7) is 4.21. The van der Waals surface area contributed by atoms with Gasteiger partial charge in [-0.15, -0.1) is 0 Å². The van der Waals surface area contributed by atoms with Crippen molar-refractivity contribution >= 4 is 5.91 Å². The van der Waals surface area contributed by atoms with Crippen LogP contribution in [0.4, 0.5) is 0 Å². The molecule has 2 N–H and O–H groups in total. The summed E-state index contributed by atoms with van der Waals surface area (Å²) in [6.07, 6.45) is 2.28. The molecule has 0 aromatic heterocycles. The third-order valence-electron chi connectivity index (χ3n) is 1.99. The van der Waals surface area contributed by atoms with Gasteiger partial charge in [0.15, 0.2) is 0 Å². The zero-order chi connectivity index (χ0) is 8.81. The Kier molecular flexibility index (Phi) is 4.04. The third-order valence-corrected chi connectivity index (χ3v) is 1.99. The second-order valence-corrected chi connectivity index (χ2v) is 3.16. The SMILES string of the molecule is CC(=O)NOCC1CCNCC1. The molecule has 4 heteroatoms. The van der Waals surface area contributed by atoms with Gasteiger partial charge in [-0.2, -0.15) is 0 Å². The Hall–Kier alpha value is -0.610. The molecule has 1 saturated heterocycles. The number of hydrogen-bond donors (Lipinski definition) is 2. The van der Waals surface area contributed by atoms with Crippen molar-refractivity contribution in [2.75, 3.05) is 19.7 Å². The first-order chi connectivity index (χ1) is 5.79. The van der Waals surface area contributed by atoms with Crippen molar-refractivity contribution < 1.29 is 9.63 Å². The van der Waals surface area contributed by atoms with Gasteiger partial charge in [0.05, 0.1) is 6.61 Å². The molecule has 0 aromatic rings. The number of hydrogen-bond acceptors (Lipinski definition) is 3. The van der Waals surface area contributed by atoms with Crippen LogP contribution in [-0.4, -0.2) is 25.6 Å². The second kappa shape index (κ2) is 5.11. The molecule has 4 nitrogen and oxygen atoms in total. The van der Waals surface area contributed by atoms with Gasteiger partial charge in [-0.1, -0.05) is 0 Å². The Morgan fingerprint density at radius 2 is 2.25 bits per heavy atom. The summed E-state index contributed by atoms with van der Waals surface area (Å²) in [5.74, 6) is 0.460. The van der Waals surface area contributed by atoms with Gasteiger partial charge >= 0.3 is 0 Å². The Labute approximate surface area is 72.6 Å². The first-order valence-corrected chi connectivity index (χ1v) is 4.38. The summed E-state index contributed by atoms with van der Waals surface area (Å²) in [7, 11) is 0. The highest BCUT2D eigenvalue weighted by Gasteiger charge is 2.12. The number of rotatable bonds is 3. The molecule has 1 amide bonds. The predicted molar refractivity (Wildman–Crippen MR) is 45.4 cm³/mol. The molecule has 0 atom stereocenters. The van der Waals surface area contributed by atoms with E-state index in [1.54, 1.807) is 0 Å². The minimum absolute atomic E-state index is 0.135. The Bertz CT molecular complexity index is 144. The smallest absolute Gasteiger partial charge is 0.240 e. The van der Waals surface area contributed by atoms with Crippen LogP contribution in [0.3, 0.4) is 0 Å². The van der Waals surface area contributed by atoms with E-state index < -0.39 is 0 Å². The summed E-state index contributed by atoms with van der Waals surface area (Å²) in [6, 6.07) is 0. The minimum Gasteiger partial charge on any atom is -0.317 e. The van der Waals surface area contributed by atoms with Crippen molar-refractivity contribution in [1.82, 2.24) is 10.8 Å². The average molecular weight is 172 g/mol. The van der Waals surface area contributed by atoms with Gasteiger partial charge in [-0.05, 0) is 31.8 Å². The van der Waals surface area contributed by atoms with Crippen molar-refractivity contribution in [3.05, 3.63) is 0 Å². The lowest BCUT2D eigenvalue weighted by Crippen LogP contribution is -2.32. The molecular formula is C8H16N2O2. The van der Waals surface area contributed by atoms with Crippen molar-refractivity contribution in [2.24, 2.45) is 5.92 Å². The van der Waals surface area contributed by atoms with Crippen molar-refractivity contribution in [1.29, 1.82) is 0 Å². The molecule has 70 valence electrons. The van der Waals surface area contributed by atoms with Crippen LogP contribution >= 0.6 is 0 Å².